The molecule has 0 radical (unpaired) electrons. The summed E-state index contributed by atoms with van der Waals surface area (Å²) in [5.41, 5.74) is 2.21. The van der Waals surface area contributed by atoms with E-state index in [4.69, 9.17) is 9.72 Å². The molecule has 1 unspecified atom stereocenters. The van der Waals surface area contributed by atoms with Crippen LogP contribution in [0.4, 0.5) is 0 Å². The molecular formula is C14H19N3O. The maximum absolute atomic E-state index is 5.23. The minimum Gasteiger partial charge on any atom is -0.495 e. The molecular weight excluding hydrogens is 226 g/mol. The van der Waals surface area contributed by atoms with Gasteiger partial charge in [0.2, 0.25) is 0 Å². The summed E-state index contributed by atoms with van der Waals surface area (Å²) >= 11 is 0. The van der Waals surface area contributed by atoms with Crippen LogP contribution in [0.2, 0.25) is 0 Å². The van der Waals surface area contributed by atoms with Gasteiger partial charge in [0.25, 0.3) is 0 Å². The molecule has 96 valence electrons. The van der Waals surface area contributed by atoms with Crippen LogP contribution in [0.15, 0.2) is 24.5 Å². The van der Waals surface area contributed by atoms with Crippen LogP contribution in [-0.2, 0) is 0 Å². The van der Waals surface area contributed by atoms with Gasteiger partial charge in [0.15, 0.2) is 0 Å². The zero-order valence-electron chi connectivity index (χ0n) is 11.0. The van der Waals surface area contributed by atoms with E-state index in [1.165, 1.54) is 18.7 Å². The van der Waals surface area contributed by atoms with Gasteiger partial charge in [-0.15, -0.1) is 0 Å². The van der Waals surface area contributed by atoms with Crippen molar-refractivity contribution in [1.29, 1.82) is 0 Å². The molecule has 2 aromatic rings. The van der Waals surface area contributed by atoms with Gasteiger partial charge in [-0.1, -0.05) is 6.92 Å². The third-order valence-corrected chi connectivity index (χ3v) is 3.82. The van der Waals surface area contributed by atoms with E-state index in [9.17, 15) is 0 Å². The number of nitrogens with zero attached hydrogens (tertiary/aromatic N) is 3. The summed E-state index contributed by atoms with van der Waals surface area (Å²) in [5.74, 6) is 1.45. The molecule has 0 spiro atoms. The number of hydrogen-bond donors (Lipinski definition) is 0. The highest BCUT2D eigenvalue weighted by atomic mass is 16.5. The average molecular weight is 245 g/mol. The molecule has 0 amide bonds. The SMILES string of the molecule is CCN1CCC(c2cn3cc(OC)ccc3n2)C1. The van der Waals surface area contributed by atoms with E-state index in [0.717, 1.165) is 24.5 Å². The van der Waals surface area contributed by atoms with E-state index in [0.29, 0.717) is 5.92 Å². The Kier molecular flexibility index (Phi) is 2.96. The van der Waals surface area contributed by atoms with Gasteiger partial charge in [-0.25, -0.2) is 4.98 Å². The molecule has 0 aromatic carbocycles. The Labute approximate surface area is 107 Å². The van der Waals surface area contributed by atoms with Gasteiger partial charge in [0, 0.05) is 18.7 Å². The Balaban J connectivity index is 1.89. The van der Waals surface area contributed by atoms with Crippen LogP contribution in [-0.4, -0.2) is 41.0 Å². The molecule has 1 saturated heterocycles. The molecule has 2 aromatic heterocycles. The average Bonchev–Trinajstić information content (AvgIpc) is 3.03. The first-order valence-electron chi connectivity index (χ1n) is 6.55. The fourth-order valence-corrected chi connectivity index (χ4v) is 2.67. The summed E-state index contributed by atoms with van der Waals surface area (Å²) in [6.07, 6.45) is 5.34. The van der Waals surface area contributed by atoms with E-state index >= 15 is 0 Å². The molecule has 1 fully saturated rings. The van der Waals surface area contributed by atoms with Crippen molar-refractivity contribution >= 4 is 5.65 Å². The van der Waals surface area contributed by atoms with E-state index < -0.39 is 0 Å². The lowest BCUT2D eigenvalue weighted by molar-refractivity contribution is 0.353. The lowest BCUT2D eigenvalue weighted by Gasteiger charge is -2.11. The number of aromatic nitrogens is 2. The number of pyridine rings is 1. The molecule has 0 saturated carbocycles. The zero-order valence-corrected chi connectivity index (χ0v) is 11.0. The van der Waals surface area contributed by atoms with Gasteiger partial charge in [-0.3, -0.25) is 0 Å². The van der Waals surface area contributed by atoms with Crippen LogP contribution in [0.25, 0.3) is 5.65 Å². The molecule has 3 heterocycles. The fourth-order valence-electron chi connectivity index (χ4n) is 2.67. The summed E-state index contributed by atoms with van der Waals surface area (Å²) < 4.78 is 7.29. The summed E-state index contributed by atoms with van der Waals surface area (Å²) in [7, 11) is 1.69. The summed E-state index contributed by atoms with van der Waals surface area (Å²) in [4.78, 5) is 7.20. The predicted molar refractivity (Wildman–Crippen MR) is 71.2 cm³/mol. The van der Waals surface area contributed by atoms with Gasteiger partial charge in [-0.2, -0.15) is 0 Å². The number of hydrogen-bond acceptors (Lipinski definition) is 3. The Morgan fingerprint density at radius 1 is 1.39 bits per heavy atom. The Morgan fingerprint density at radius 2 is 2.28 bits per heavy atom. The van der Waals surface area contributed by atoms with E-state index in [2.05, 4.69) is 22.4 Å². The van der Waals surface area contributed by atoms with E-state index in [1.54, 1.807) is 7.11 Å². The van der Waals surface area contributed by atoms with Crippen molar-refractivity contribution in [2.45, 2.75) is 19.3 Å². The van der Waals surface area contributed by atoms with Gasteiger partial charge in [0.1, 0.15) is 11.4 Å². The van der Waals surface area contributed by atoms with Crippen LogP contribution in [0.5, 0.6) is 5.75 Å². The fraction of sp³-hybridized carbons (Fsp3) is 0.500. The highest BCUT2D eigenvalue weighted by molar-refractivity contribution is 5.43. The van der Waals surface area contributed by atoms with Crippen LogP contribution >= 0.6 is 0 Å². The molecule has 18 heavy (non-hydrogen) atoms. The molecule has 1 aliphatic heterocycles. The quantitative estimate of drug-likeness (QED) is 0.830. The van der Waals surface area contributed by atoms with Crippen molar-refractivity contribution in [1.82, 2.24) is 14.3 Å². The van der Waals surface area contributed by atoms with Crippen molar-refractivity contribution in [3.05, 3.63) is 30.2 Å². The van der Waals surface area contributed by atoms with Gasteiger partial charge in [-0.05, 0) is 31.6 Å². The third-order valence-electron chi connectivity index (χ3n) is 3.82. The minimum absolute atomic E-state index is 0.579. The number of methoxy groups -OCH3 is 1. The zero-order chi connectivity index (χ0) is 12.5. The lowest BCUT2D eigenvalue weighted by Crippen LogP contribution is -2.19. The van der Waals surface area contributed by atoms with Gasteiger partial charge >= 0.3 is 0 Å². The first-order valence-corrected chi connectivity index (χ1v) is 6.55. The number of ether oxygens (including phenoxy) is 1. The van der Waals surface area contributed by atoms with Crippen molar-refractivity contribution < 1.29 is 4.74 Å². The maximum atomic E-state index is 5.23. The Hall–Kier alpha value is -1.55. The third kappa shape index (κ3) is 1.97. The number of likely N-dealkylation sites (N-methyl/N-ethyl adjacent to an activating group) is 1. The highest BCUT2D eigenvalue weighted by Gasteiger charge is 2.24. The largest absolute Gasteiger partial charge is 0.495 e. The second-order valence-corrected chi connectivity index (χ2v) is 4.88. The van der Waals surface area contributed by atoms with E-state index in [-0.39, 0.29) is 0 Å². The molecule has 1 atom stereocenters. The van der Waals surface area contributed by atoms with E-state index in [1.807, 2.05) is 18.3 Å². The smallest absolute Gasteiger partial charge is 0.137 e. The second-order valence-electron chi connectivity index (χ2n) is 4.88. The summed E-state index contributed by atoms with van der Waals surface area (Å²) in [6, 6.07) is 3.97. The number of imidazole rings is 1. The molecule has 3 rings (SSSR count). The Bertz CT molecular complexity index is 549. The molecule has 4 heteroatoms. The number of rotatable bonds is 3. The van der Waals surface area contributed by atoms with Gasteiger partial charge in [0.05, 0.1) is 19.0 Å². The van der Waals surface area contributed by atoms with Crippen molar-refractivity contribution in [2.75, 3.05) is 26.7 Å². The molecule has 0 bridgehead atoms. The Morgan fingerprint density at radius 3 is 3.00 bits per heavy atom. The number of likely N-dealkylation sites (tertiary alicyclic amines) is 1. The molecule has 4 nitrogen and oxygen atoms in total. The first-order chi connectivity index (χ1) is 8.80. The molecule has 1 aliphatic rings. The normalized spacial score (nSPS) is 20.7. The van der Waals surface area contributed by atoms with Crippen LogP contribution in [0.3, 0.4) is 0 Å². The van der Waals surface area contributed by atoms with Crippen LogP contribution in [0.1, 0.15) is 25.0 Å². The summed E-state index contributed by atoms with van der Waals surface area (Å²) in [6.45, 7) is 5.69. The minimum atomic E-state index is 0.579. The van der Waals surface area contributed by atoms with Crippen LogP contribution in [0, 0.1) is 0 Å². The number of fused-ring (bicyclic) bond motifs is 1. The molecule has 0 aliphatic carbocycles. The van der Waals surface area contributed by atoms with Crippen molar-refractivity contribution in [3.8, 4) is 5.75 Å². The van der Waals surface area contributed by atoms with Crippen molar-refractivity contribution in [2.24, 2.45) is 0 Å². The van der Waals surface area contributed by atoms with Gasteiger partial charge < -0.3 is 14.0 Å². The first kappa shape index (κ1) is 11.5. The highest BCUT2D eigenvalue weighted by Crippen LogP contribution is 2.27. The predicted octanol–water partition coefficient (Wildman–Crippen LogP) is 2.15. The van der Waals surface area contributed by atoms with Crippen molar-refractivity contribution in [3.63, 3.8) is 0 Å². The second kappa shape index (κ2) is 4.61. The molecule has 0 N–H and O–H groups in total. The topological polar surface area (TPSA) is 29.8 Å². The summed E-state index contributed by atoms with van der Waals surface area (Å²) in [5, 5.41) is 0. The standard InChI is InChI=1S/C14H19N3O/c1-3-16-7-6-11(8-16)13-10-17-9-12(18-2)4-5-14(17)15-13/h4-5,9-11H,3,6-8H2,1-2H3. The van der Waals surface area contributed by atoms with Crippen LogP contribution < -0.4 is 4.74 Å². The lowest BCUT2D eigenvalue weighted by atomic mass is 10.1. The maximum Gasteiger partial charge on any atom is 0.137 e. The monoisotopic (exact) mass is 245 g/mol.